The Morgan fingerprint density at radius 3 is 2.70 bits per heavy atom. The fourth-order valence-electron chi connectivity index (χ4n) is 2.79. The van der Waals surface area contributed by atoms with E-state index in [1.807, 2.05) is 0 Å². The first-order valence-electron chi connectivity index (χ1n) is 6.61. The molecule has 20 heavy (non-hydrogen) atoms. The summed E-state index contributed by atoms with van der Waals surface area (Å²) in [4.78, 5) is 13.5. The molecule has 0 saturated carbocycles. The van der Waals surface area contributed by atoms with Gasteiger partial charge >= 0.3 is 6.09 Å². The quantitative estimate of drug-likeness (QED) is 0.911. The molecular formula is C14H18ClFN2O2. The molecule has 110 valence electrons. The van der Waals surface area contributed by atoms with Crippen LogP contribution in [0.15, 0.2) is 24.3 Å². The summed E-state index contributed by atoms with van der Waals surface area (Å²) < 4.78 is 19.2. The molecule has 0 aliphatic carbocycles. The Hall–Kier alpha value is -1.33. The number of nitrogens with zero attached hydrogens (tertiary/aromatic N) is 1. The number of amides is 1. The van der Waals surface area contributed by atoms with Gasteiger partial charge in [-0.3, -0.25) is 4.90 Å². The summed E-state index contributed by atoms with van der Waals surface area (Å²) in [5, 5.41) is 3.25. The summed E-state index contributed by atoms with van der Waals surface area (Å²) in [5.74, 6) is -0.276. The maximum atomic E-state index is 13.6. The van der Waals surface area contributed by atoms with Crippen LogP contribution in [0.3, 0.4) is 0 Å². The highest BCUT2D eigenvalue weighted by Gasteiger charge is 2.45. The Kier molecular flexibility index (Phi) is 4.50. The molecule has 0 atom stereocenters. The Bertz CT molecular complexity index is 492. The third-order valence-corrected chi connectivity index (χ3v) is 3.87. The van der Waals surface area contributed by atoms with Crippen LogP contribution in [0.5, 0.6) is 0 Å². The number of carbonyl (C=O) groups is 1. The van der Waals surface area contributed by atoms with Crippen molar-refractivity contribution in [2.24, 2.45) is 0 Å². The van der Waals surface area contributed by atoms with E-state index >= 15 is 0 Å². The number of halogens is 2. The summed E-state index contributed by atoms with van der Waals surface area (Å²) >= 11 is 0. The van der Waals surface area contributed by atoms with E-state index in [2.05, 4.69) is 5.32 Å². The van der Waals surface area contributed by atoms with Gasteiger partial charge in [0, 0.05) is 18.4 Å². The number of nitrogens with one attached hydrogen (secondary N) is 1. The first-order valence-corrected chi connectivity index (χ1v) is 6.61. The molecular weight excluding hydrogens is 283 g/mol. The molecule has 2 aliphatic heterocycles. The van der Waals surface area contributed by atoms with Gasteiger partial charge in [-0.15, -0.1) is 12.4 Å². The monoisotopic (exact) mass is 300 g/mol. The minimum atomic E-state index is -0.367. The standard InChI is InChI=1S/C14H17FN2O2.ClH/c15-12-4-2-1-3-11(12)9-17-10-14(19-13(17)18)5-7-16-8-6-14;/h1-4,16H,5-10H2;1H. The van der Waals surface area contributed by atoms with E-state index < -0.39 is 0 Å². The fourth-order valence-corrected chi connectivity index (χ4v) is 2.79. The van der Waals surface area contributed by atoms with Gasteiger partial charge in [-0.2, -0.15) is 0 Å². The zero-order valence-corrected chi connectivity index (χ0v) is 11.9. The number of rotatable bonds is 2. The maximum absolute atomic E-state index is 13.6. The third kappa shape index (κ3) is 2.88. The molecule has 1 spiro atoms. The van der Waals surface area contributed by atoms with Crippen LogP contribution in [0.4, 0.5) is 9.18 Å². The number of ether oxygens (including phenoxy) is 1. The molecule has 2 fully saturated rings. The normalized spacial score (nSPS) is 20.6. The molecule has 2 aliphatic rings. The summed E-state index contributed by atoms with van der Waals surface area (Å²) in [6.45, 7) is 2.56. The number of hydrogen-bond donors (Lipinski definition) is 1. The van der Waals surface area contributed by atoms with Gasteiger partial charge in [0.1, 0.15) is 11.4 Å². The third-order valence-electron chi connectivity index (χ3n) is 3.87. The van der Waals surface area contributed by atoms with Crippen molar-refractivity contribution in [1.29, 1.82) is 0 Å². The van der Waals surface area contributed by atoms with Crippen molar-refractivity contribution in [3.63, 3.8) is 0 Å². The first-order chi connectivity index (χ1) is 9.19. The highest BCUT2D eigenvalue weighted by molar-refractivity contribution is 5.85. The molecule has 0 aromatic heterocycles. The van der Waals surface area contributed by atoms with E-state index in [9.17, 15) is 9.18 Å². The Morgan fingerprint density at radius 2 is 2.00 bits per heavy atom. The number of carbonyl (C=O) groups excluding carboxylic acids is 1. The smallest absolute Gasteiger partial charge is 0.410 e. The molecule has 0 unspecified atom stereocenters. The molecule has 0 radical (unpaired) electrons. The lowest BCUT2D eigenvalue weighted by atomic mass is 9.92. The SMILES string of the molecule is Cl.O=C1OC2(CCNCC2)CN1Cc1ccccc1F. The van der Waals surface area contributed by atoms with Gasteiger partial charge in [0.15, 0.2) is 0 Å². The minimum Gasteiger partial charge on any atom is -0.441 e. The summed E-state index contributed by atoms with van der Waals surface area (Å²) in [6, 6.07) is 6.54. The number of hydrogen-bond acceptors (Lipinski definition) is 3. The Balaban J connectivity index is 0.00000147. The second kappa shape index (κ2) is 5.97. The second-order valence-corrected chi connectivity index (χ2v) is 5.25. The van der Waals surface area contributed by atoms with E-state index in [0.29, 0.717) is 12.1 Å². The predicted molar refractivity (Wildman–Crippen MR) is 75.4 cm³/mol. The molecule has 1 aromatic rings. The predicted octanol–water partition coefficient (Wildman–Crippen LogP) is 2.32. The summed E-state index contributed by atoms with van der Waals surface area (Å²) in [5.41, 5.74) is 0.165. The van der Waals surface area contributed by atoms with Crippen LogP contribution in [-0.4, -0.2) is 36.2 Å². The van der Waals surface area contributed by atoms with Crippen molar-refractivity contribution in [1.82, 2.24) is 10.2 Å². The van der Waals surface area contributed by atoms with Crippen LogP contribution in [0.25, 0.3) is 0 Å². The highest BCUT2D eigenvalue weighted by atomic mass is 35.5. The largest absolute Gasteiger partial charge is 0.441 e. The lowest BCUT2D eigenvalue weighted by Gasteiger charge is -2.31. The number of piperidine rings is 1. The molecule has 6 heteroatoms. The van der Waals surface area contributed by atoms with Crippen molar-refractivity contribution >= 4 is 18.5 Å². The van der Waals surface area contributed by atoms with Crippen LogP contribution in [0.1, 0.15) is 18.4 Å². The van der Waals surface area contributed by atoms with Crippen LogP contribution in [0.2, 0.25) is 0 Å². The summed E-state index contributed by atoms with van der Waals surface area (Å²) in [7, 11) is 0. The van der Waals surface area contributed by atoms with Gasteiger partial charge in [-0.25, -0.2) is 9.18 Å². The van der Waals surface area contributed by atoms with Gasteiger partial charge in [-0.1, -0.05) is 18.2 Å². The van der Waals surface area contributed by atoms with E-state index in [1.165, 1.54) is 6.07 Å². The Morgan fingerprint density at radius 1 is 1.30 bits per heavy atom. The second-order valence-electron chi connectivity index (χ2n) is 5.25. The molecule has 1 aromatic carbocycles. The van der Waals surface area contributed by atoms with E-state index in [-0.39, 0.29) is 36.5 Å². The zero-order valence-electron chi connectivity index (χ0n) is 11.1. The van der Waals surface area contributed by atoms with Crippen LogP contribution >= 0.6 is 12.4 Å². The van der Waals surface area contributed by atoms with Crippen LogP contribution in [0, 0.1) is 5.82 Å². The topological polar surface area (TPSA) is 41.6 Å². The molecule has 2 saturated heterocycles. The molecule has 4 nitrogen and oxygen atoms in total. The van der Waals surface area contributed by atoms with Crippen molar-refractivity contribution in [2.45, 2.75) is 25.0 Å². The van der Waals surface area contributed by atoms with Gasteiger partial charge in [0.05, 0.1) is 13.1 Å². The average molecular weight is 301 g/mol. The van der Waals surface area contributed by atoms with E-state index in [0.717, 1.165) is 25.9 Å². The lowest BCUT2D eigenvalue weighted by molar-refractivity contribution is 0.0316. The van der Waals surface area contributed by atoms with Crippen molar-refractivity contribution in [2.75, 3.05) is 19.6 Å². The Labute approximate surface area is 123 Å². The lowest BCUT2D eigenvalue weighted by Crippen LogP contribution is -2.44. The minimum absolute atomic E-state index is 0. The fraction of sp³-hybridized carbons (Fsp3) is 0.500. The summed E-state index contributed by atoms with van der Waals surface area (Å²) in [6.07, 6.45) is 1.32. The molecule has 0 bridgehead atoms. The molecule has 2 heterocycles. The molecule has 3 rings (SSSR count). The average Bonchev–Trinajstić information content (AvgIpc) is 2.69. The van der Waals surface area contributed by atoms with E-state index in [1.54, 1.807) is 23.1 Å². The molecule has 1 N–H and O–H groups in total. The van der Waals surface area contributed by atoms with Gasteiger partial charge in [-0.05, 0) is 19.2 Å². The highest BCUT2D eigenvalue weighted by Crippen LogP contribution is 2.32. The maximum Gasteiger partial charge on any atom is 0.410 e. The van der Waals surface area contributed by atoms with Gasteiger partial charge in [0.2, 0.25) is 0 Å². The number of benzene rings is 1. The first kappa shape index (κ1) is 15.1. The van der Waals surface area contributed by atoms with Crippen molar-refractivity contribution in [3.05, 3.63) is 35.6 Å². The molecule has 1 amide bonds. The van der Waals surface area contributed by atoms with Crippen LogP contribution in [-0.2, 0) is 11.3 Å². The van der Waals surface area contributed by atoms with Gasteiger partial charge < -0.3 is 10.1 Å². The van der Waals surface area contributed by atoms with Crippen molar-refractivity contribution < 1.29 is 13.9 Å². The van der Waals surface area contributed by atoms with E-state index in [4.69, 9.17) is 4.74 Å². The van der Waals surface area contributed by atoms with Crippen LogP contribution < -0.4 is 5.32 Å². The zero-order chi connectivity index (χ0) is 13.3. The van der Waals surface area contributed by atoms with Crippen molar-refractivity contribution in [3.8, 4) is 0 Å². The van der Waals surface area contributed by atoms with Gasteiger partial charge in [0.25, 0.3) is 0 Å².